The van der Waals surface area contributed by atoms with Crippen LogP contribution in [0.4, 0.5) is 4.79 Å². The van der Waals surface area contributed by atoms with Crippen molar-refractivity contribution >= 4 is 17.6 Å². The highest BCUT2D eigenvalue weighted by molar-refractivity contribution is 6.33. The van der Waals surface area contributed by atoms with Crippen LogP contribution in [0.1, 0.15) is 18.4 Å². The fourth-order valence-electron chi connectivity index (χ4n) is 2.57. The Hall–Kier alpha value is -1.88. The van der Waals surface area contributed by atoms with Crippen molar-refractivity contribution in [2.24, 2.45) is 0 Å². The normalized spacial score (nSPS) is 14.6. The number of halogens is 1. The molecule has 1 N–H and O–H groups in total. The third-order valence-electron chi connectivity index (χ3n) is 3.99. The molecule has 0 radical (unpaired) electrons. The van der Waals surface area contributed by atoms with Gasteiger partial charge in [-0.2, -0.15) is 0 Å². The van der Waals surface area contributed by atoms with Gasteiger partial charge in [-0.15, -0.1) is 0 Å². The summed E-state index contributed by atoms with van der Waals surface area (Å²) in [6.07, 6.45) is 2.40. The molecule has 23 heavy (non-hydrogen) atoms. The molecule has 1 aliphatic heterocycles. The summed E-state index contributed by atoms with van der Waals surface area (Å²) in [6, 6.07) is 3.67. The fourth-order valence-corrected chi connectivity index (χ4v) is 2.89. The van der Waals surface area contributed by atoms with E-state index in [0.29, 0.717) is 29.5 Å². The Morgan fingerprint density at radius 1 is 1.30 bits per heavy atom. The number of amides is 2. The molecule has 6 heteroatoms. The van der Waals surface area contributed by atoms with E-state index in [0.717, 1.165) is 31.5 Å². The molecule has 2 rings (SSSR count). The Balaban J connectivity index is 1.89. The molecule has 2 amide bonds. The molecule has 0 atom stereocenters. The van der Waals surface area contributed by atoms with E-state index in [2.05, 4.69) is 11.9 Å². The number of methoxy groups -OCH3 is 2. The number of hydrogen-bond acceptors (Lipinski definition) is 3. The predicted octanol–water partition coefficient (Wildman–Crippen LogP) is 3.26. The third kappa shape index (κ3) is 4.32. The average molecular weight is 339 g/mol. The van der Waals surface area contributed by atoms with Crippen LogP contribution in [0.15, 0.2) is 24.3 Å². The van der Waals surface area contributed by atoms with Crippen molar-refractivity contribution in [3.05, 3.63) is 34.9 Å². The average Bonchev–Trinajstić information content (AvgIpc) is 2.56. The van der Waals surface area contributed by atoms with Crippen molar-refractivity contribution in [1.82, 2.24) is 10.2 Å². The summed E-state index contributed by atoms with van der Waals surface area (Å²) in [5, 5.41) is 3.46. The molecule has 1 heterocycles. The largest absolute Gasteiger partial charge is 0.493 e. The summed E-state index contributed by atoms with van der Waals surface area (Å²) < 4.78 is 10.5. The molecule has 0 unspecified atom stereocenters. The summed E-state index contributed by atoms with van der Waals surface area (Å²) in [6.45, 7) is 5.95. The number of piperidine rings is 1. The van der Waals surface area contributed by atoms with Crippen molar-refractivity contribution in [3.63, 3.8) is 0 Å². The van der Waals surface area contributed by atoms with Crippen molar-refractivity contribution in [1.29, 1.82) is 0 Å². The van der Waals surface area contributed by atoms with Gasteiger partial charge < -0.3 is 19.7 Å². The van der Waals surface area contributed by atoms with Gasteiger partial charge in [-0.05, 0) is 30.9 Å². The summed E-state index contributed by atoms with van der Waals surface area (Å²) in [4.78, 5) is 13.9. The van der Waals surface area contributed by atoms with E-state index in [4.69, 9.17) is 21.1 Å². The van der Waals surface area contributed by atoms with Crippen molar-refractivity contribution < 1.29 is 14.3 Å². The summed E-state index contributed by atoms with van der Waals surface area (Å²) >= 11 is 6.34. The summed E-state index contributed by atoms with van der Waals surface area (Å²) in [5.41, 5.74) is 2.13. The first kappa shape index (κ1) is 17.5. The lowest BCUT2D eigenvalue weighted by molar-refractivity contribution is 0.194. The highest BCUT2D eigenvalue weighted by Gasteiger charge is 2.18. The molecule has 126 valence electrons. The van der Waals surface area contributed by atoms with Crippen LogP contribution in [0.3, 0.4) is 0 Å². The quantitative estimate of drug-likeness (QED) is 0.838. The Labute approximate surface area is 142 Å². The molecular formula is C17H23ClN2O3. The van der Waals surface area contributed by atoms with Crippen molar-refractivity contribution in [2.75, 3.05) is 33.9 Å². The molecule has 0 aliphatic carbocycles. The minimum absolute atomic E-state index is 0.0332. The van der Waals surface area contributed by atoms with Gasteiger partial charge >= 0.3 is 6.03 Å². The zero-order chi connectivity index (χ0) is 16.8. The summed E-state index contributed by atoms with van der Waals surface area (Å²) in [7, 11) is 3.13. The molecule has 1 aromatic carbocycles. The zero-order valence-electron chi connectivity index (χ0n) is 13.7. The van der Waals surface area contributed by atoms with E-state index < -0.39 is 0 Å². The Morgan fingerprint density at radius 2 is 2.00 bits per heavy atom. The maximum Gasteiger partial charge on any atom is 0.317 e. The summed E-state index contributed by atoms with van der Waals surface area (Å²) in [5.74, 6) is 1.12. The minimum Gasteiger partial charge on any atom is -0.493 e. The second kappa shape index (κ2) is 8.11. The van der Waals surface area contributed by atoms with Crippen LogP contribution in [0.25, 0.3) is 0 Å². The van der Waals surface area contributed by atoms with Gasteiger partial charge in [0.05, 0.1) is 19.2 Å². The zero-order valence-corrected chi connectivity index (χ0v) is 14.4. The molecule has 1 fully saturated rings. The second-order valence-electron chi connectivity index (χ2n) is 5.49. The van der Waals surface area contributed by atoms with Crippen molar-refractivity contribution in [2.45, 2.75) is 19.3 Å². The lowest BCUT2D eigenvalue weighted by atomic mass is 10.1. The molecule has 0 bridgehead atoms. The van der Waals surface area contributed by atoms with Gasteiger partial charge in [-0.3, -0.25) is 0 Å². The monoisotopic (exact) mass is 338 g/mol. The highest BCUT2D eigenvalue weighted by atomic mass is 35.5. The van der Waals surface area contributed by atoms with Crippen LogP contribution in [0.2, 0.25) is 5.02 Å². The molecule has 1 aromatic rings. The number of nitrogens with zero attached hydrogens (tertiary/aromatic N) is 1. The Kier molecular flexibility index (Phi) is 6.16. The molecule has 0 aromatic heterocycles. The van der Waals surface area contributed by atoms with Crippen LogP contribution < -0.4 is 14.8 Å². The maximum atomic E-state index is 12.1. The predicted molar refractivity (Wildman–Crippen MR) is 91.6 cm³/mol. The molecule has 0 saturated carbocycles. The molecular weight excluding hydrogens is 316 g/mol. The van der Waals surface area contributed by atoms with Gasteiger partial charge in [0.15, 0.2) is 11.5 Å². The number of likely N-dealkylation sites (tertiary alicyclic amines) is 1. The van der Waals surface area contributed by atoms with E-state index in [1.165, 1.54) is 5.57 Å². The minimum atomic E-state index is -0.0332. The molecule has 1 saturated heterocycles. The van der Waals surface area contributed by atoms with Gasteiger partial charge in [-0.1, -0.05) is 29.8 Å². The number of carbonyl (C=O) groups excluding carboxylic acids is 1. The number of ether oxygens (including phenoxy) is 2. The van der Waals surface area contributed by atoms with Crippen LogP contribution in [-0.2, 0) is 6.42 Å². The number of urea groups is 1. The SMILES string of the molecule is C=C1CCN(C(=O)NCCc2ccc(OC)c(OC)c2Cl)CC1. The number of hydrogen-bond donors (Lipinski definition) is 1. The lowest BCUT2D eigenvalue weighted by Gasteiger charge is -2.28. The van der Waals surface area contributed by atoms with Crippen LogP contribution >= 0.6 is 11.6 Å². The second-order valence-corrected chi connectivity index (χ2v) is 5.87. The topological polar surface area (TPSA) is 50.8 Å². The smallest absolute Gasteiger partial charge is 0.317 e. The molecule has 5 nitrogen and oxygen atoms in total. The maximum absolute atomic E-state index is 12.1. The Bertz CT molecular complexity index is 579. The van der Waals surface area contributed by atoms with E-state index in [1.54, 1.807) is 14.2 Å². The standard InChI is InChI=1S/C17H23ClN2O3/c1-12-7-10-20(11-8-12)17(21)19-9-6-13-4-5-14(22-2)16(23-3)15(13)18/h4-5H,1,6-11H2,2-3H3,(H,19,21). The van der Waals surface area contributed by atoms with E-state index in [-0.39, 0.29) is 6.03 Å². The number of rotatable bonds is 5. The first-order valence-corrected chi connectivity index (χ1v) is 8.03. The van der Waals surface area contributed by atoms with Crippen LogP contribution in [0.5, 0.6) is 11.5 Å². The van der Waals surface area contributed by atoms with Gasteiger partial charge in [-0.25, -0.2) is 4.79 Å². The third-order valence-corrected chi connectivity index (χ3v) is 4.41. The van der Waals surface area contributed by atoms with Gasteiger partial charge in [0.25, 0.3) is 0 Å². The van der Waals surface area contributed by atoms with Crippen LogP contribution in [-0.4, -0.2) is 44.8 Å². The van der Waals surface area contributed by atoms with Crippen molar-refractivity contribution in [3.8, 4) is 11.5 Å². The first-order chi connectivity index (χ1) is 11.1. The fraction of sp³-hybridized carbons (Fsp3) is 0.471. The van der Waals surface area contributed by atoms with E-state index in [1.807, 2.05) is 17.0 Å². The van der Waals surface area contributed by atoms with E-state index >= 15 is 0 Å². The number of nitrogens with one attached hydrogen (secondary N) is 1. The number of benzene rings is 1. The highest BCUT2D eigenvalue weighted by Crippen LogP contribution is 2.37. The van der Waals surface area contributed by atoms with E-state index in [9.17, 15) is 4.79 Å². The molecule has 1 aliphatic rings. The van der Waals surface area contributed by atoms with Crippen LogP contribution in [0, 0.1) is 0 Å². The van der Waals surface area contributed by atoms with Gasteiger partial charge in [0.2, 0.25) is 0 Å². The van der Waals surface area contributed by atoms with Gasteiger partial charge in [0, 0.05) is 19.6 Å². The lowest BCUT2D eigenvalue weighted by Crippen LogP contribution is -2.43. The number of carbonyl (C=O) groups is 1. The first-order valence-electron chi connectivity index (χ1n) is 7.65. The molecule has 0 spiro atoms. The Morgan fingerprint density at radius 3 is 2.61 bits per heavy atom. The van der Waals surface area contributed by atoms with Gasteiger partial charge in [0.1, 0.15) is 0 Å².